The predicted octanol–water partition coefficient (Wildman–Crippen LogP) is 10.6. The Bertz CT molecular complexity index is 1690. The van der Waals surface area contributed by atoms with E-state index in [1.807, 2.05) is 12.4 Å². The maximum absolute atomic E-state index is 7.39. The lowest BCUT2D eigenvalue weighted by Crippen LogP contribution is -2.38. The van der Waals surface area contributed by atoms with E-state index in [1.54, 1.807) is 11.8 Å². The van der Waals surface area contributed by atoms with Crippen LogP contribution in [0.1, 0.15) is 33.4 Å². The van der Waals surface area contributed by atoms with Gasteiger partial charge in [-0.1, -0.05) is 182 Å². The summed E-state index contributed by atoms with van der Waals surface area (Å²) < 4.78 is 14.8. The fourth-order valence-electron chi connectivity index (χ4n) is 6.70. The molecule has 0 saturated heterocycles. The Labute approximate surface area is 299 Å². The summed E-state index contributed by atoms with van der Waals surface area (Å²) >= 11 is 1.75. The molecule has 0 bridgehead atoms. The van der Waals surface area contributed by atoms with Crippen LogP contribution in [0.5, 0.6) is 0 Å². The zero-order valence-corrected chi connectivity index (χ0v) is 28.6. The monoisotopic (exact) mass is 669 g/mol. The Kier molecular flexibility index (Phi) is 10.6. The third kappa shape index (κ3) is 7.05. The number of hydrogen-bond acceptors (Lipinski definition) is 4. The van der Waals surface area contributed by atoms with Gasteiger partial charge in [0.2, 0.25) is 0 Å². The molecule has 1 heterocycles. The van der Waals surface area contributed by atoms with Crippen LogP contribution < -0.4 is 0 Å². The normalized spacial score (nSPS) is 11.8. The number of aromatic nitrogens is 1. The second-order valence-corrected chi connectivity index (χ2v) is 13.5. The molecule has 0 atom stereocenters. The minimum absolute atomic E-state index is 0.0941. The summed E-state index contributed by atoms with van der Waals surface area (Å²) in [7, 11) is 0. The molecule has 0 aliphatic rings. The van der Waals surface area contributed by atoms with Crippen molar-refractivity contribution in [2.24, 2.45) is 0 Å². The van der Waals surface area contributed by atoms with Crippen LogP contribution in [0.25, 0.3) is 0 Å². The summed E-state index contributed by atoms with van der Waals surface area (Å²) in [5, 5.41) is -0.0941. The van der Waals surface area contributed by atoms with Crippen molar-refractivity contribution in [3.8, 4) is 0 Å². The maximum Gasteiger partial charge on any atom is 0.143 e. The van der Waals surface area contributed by atoms with Crippen molar-refractivity contribution < 1.29 is 9.47 Å². The van der Waals surface area contributed by atoms with E-state index in [-0.39, 0.29) is 5.25 Å². The maximum atomic E-state index is 7.39. The first-order valence-electron chi connectivity index (χ1n) is 17.0. The van der Waals surface area contributed by atoms with Crippen molar-refractivity contribution in [2.75, 3.05) is 13.2 Å². The Balaban J connectivity index is 1.32. The van der Waals surface area contributed by atoms with Gasteiger partial charge in [0.15, 0.2) is 0 Å². The molecule has 0 aliphatic heterocycles. The van der Waals surface area contributed by atoms with Crippen molar-refractivity contribution >= 4 is 11.8 Å². The molecular formula is C46H39NO2S. The third-order valence-corrected chi connectivity index (χ3v) is 10.2. The standard InChI is InChI=1S/C46H39NO2S/c1-7-19-37(20-8-1)45(38-21-9-2-10-22-38,39-23-11-3-12-24-39)48-35-44(50-43-31-33-47-34-32-43)36-49-46(40-25-13-4-14-26-40,41-27-15-5-16-28-41)42-29-17-6-18-30-42/h1-34,44H,35-36H2. The van der Waals surface area contributed by atoms with Crippen LogP contribution >= 0.6 is 11.8 Å². The van der Waals surface area contributed by atoms with E-state index in [2.05, 4.69) is 199 Å². The molecule has 1 aromatic heterocycles. The molecule has 6 aromatic carbocycles. The Morgan fingerprint density at radius 2 is 0.640 bits per heavy atom. The first kappa shape index (κ1) is 33.2. The average molecular weight is 670 g/mol. The largest absolute Gasteiger partial charge is 0.360 e. The molecule has 246 valence electrons. The van der Waals surface area contributed by atoms with E-state index >= 15 is 0 Å². The second kappa shape index (κ2) is 16.0. The molecule has 0 amide bonds. The van der Waals surface area contributed by atoms with Crippen molar-refractivity contribution in [3.05, 3.63) is 240 Å². The quantitative estimate of drug-likeness (QED) is 0.0852. The number of benzene rings is 6. The SMILES string of the molecule is c1ccc(C(OCC(COC(c2ccccc2)(c2ccccc2)c2ccccc2)Sc2ccncc2)(c2ccccc2)c2ccccc2)cc1. The summed E-state index contributed by atoms with van der Waals surface area (Å²) in [6.45, 7) is 0.806. The highest BCUT2D eigenvalue weighted by Gasteiger charge is 2.41. The van der Waals surface area contributed by atoms with Crippen LogP contribution in [0, 0.1) is 0 Å². The fourth-order valence-corrected chi connectivity index (χ4v) is 7.63. The zero-order valence-electron chi connectivity index (χ0n) is 27.8. The van der Waals surface area contributed by atoms with Gasteiger partial charge in [0.25, 0.3) is 0 Å². The Morgan fingerprint density at radius 1 is 0.380 bits per heavy atom. The summed E-state index contributed by atoms with van der Waals surface area (Å²) in [5.41, 5.74) is 4.70. The number of rotatable bonds is 14. The van der Waals surface area contributed by atoms with Gasteiger partial charge in [0.05, 0.1) is 18.5 Å². The van der Waals surface area contributed by atoms with Crippen LogP contribution in [0.4, 0.5) is 0 Å². The molecule has 7 aromatic rings. The molecule has 0 radical (unpaired) electrons. The van der Waals surface area contributed by atoms with Gasteiger partial charge in [-0.3, -0.25) is 4.98 Å². The molecule has 0 spiro atoms. The molecule has 0 unspecified atom stereocenters. The highest BCUT2D eigenvalue weighted by Crippen LogP contribution is 2.43. The number of ether oxygens (including phenoxy) is 2. The minimum Gasteiger partial charge on any atom is -0.360 e. The lowest BCUT2D eigenvalue weighted by atomic mass is 9.80. The van der Waals surface area contributed by atoms with Gasteiger partial charge in [0.1, 0.15) is 11.2 Å². The highest BCUT2D eigenvalue weighted by atomic mass is 32.2. The van der Waals surface area contributed by atoms with Gasteiger partial charge in [0, 0.05) is 17.3 Å². The van der Waals surface area contributed by atoms with Gasteiger partial charge < -0.3 is 9.47 Å². The molecular weight excluding hydrogens is 631 g/mol. The number of thioether (sulfide) groups is 1. The second-order valence-electron chi connectivity index (χ2n) is 12.1. The molecule has 50 heavy (non-hydrogen) atoms. The van der Waals surface area contributed by atoms with Crippen molar-refractivity contribution in [1.82, 2.24) is 4.98 Å². The van der Waals surface area contributed by atoms with Gasteiger partial charge >= 0.3 is 0 Å². The lowest BCUT2D eigenvalue weighted by molar-refractivity contribution is -0.0226. The van der Waals surface area contributed by atoms with Crippen LogP contribution in [0.2, 0.25) is 0 Å². The molecule has 0 N–H and O–H groups in total. The minimum atomic E-state index is -0.851. The highest BCUT2D eigenvalue weighted by molar-refractivity contribution is 8.00. The summed E-state index contributed by atoms with van der Waals surface area (Å²) in [6, 6.07) is 67.3. The van der Waals surface area contributed by atoms with E-state index in [9.17, 15) is 0 Å². The summed E-state index contributed by atoms with van der Waals surface area (Å²) in [4.78, 5) is 5.39. The van der Waals surface area contributed by atoms with E-state index in [0.29, 0.717) is 13.2 Å². The Hall–Kier alpha value is -5.26. The van der Waals surface area contributed by atoms with E-state index in [1.165, 1.54) is 0 Å². The van der Waals surface area contributed by atoms with Gasteiger partial charge in [-0.2, -0.15) is 0 Å². The van der Waals surface area contributed by atoms with E-state index in [4.69, 9.17) is 9.47 Å². The predicted molar refractivity (Wildman–Crippen MR) is 204 cm³/mol. The van der Waals surface area contributed by atoms with Crippen molar-refractivity contribution in [1.29, 1.82) is 0 Å². The summed E-state index contributed by atoms with van der Waals surface area (Å²) in [5.74, 6) is 0. The first-order chi connectivity index (χ1) is 24.8. The average Bonchev–Trinajstić information content (AvgIpc) is 3.21. The fraction of sp³-hybridized carbons (Fsp3) is 0.109. The van der Waals surface area contributed by atoms with Crippen LogP contribution in [0.15, 0.2) is 211 Å². The molecule has 4 heteroatoms. The van der Waals surface area contributed by atoms with Crippen LogP contribution in [0.3, 0.4) is 0 Å². The number of nitrogens with zero attached hydrogens (tertiary/aromatic N) is 1. The lowest BCUT2D eigenvalue weighted by Gasteiger charge is -2.39. The third-order valence-electron chi connectivity index (χ3n) is 9.01. The molecule has 7 rings (SSSR count). The number of pyridine rings is 1. The van der Waals surface area contributed by atoms with Gasteiger partial charge in [-0.05, 0) is 45.5 Å². The van der Waals surface area contributed by atoms with E-state index < -0.39 is 11.2 Å². The van der Waals surface area contributed by atoms with E-state index in [0.717, 1.165) is 38.3 Å². The molecule has 0 aliphatic carbocycles. The molecule has 0 saturated carbocycles. The van der Waals surface area contributed by atoms with Crippen LogP contribution in [-0.2, 0) is 20.7 Å². The number of hydrogen-bond donors (Lipinski definition) is 0. The topological polar surface area (TPSA) is 31.4 Å². The van der Waals surface area contributed by atoms with Gasteiger partial charge in [-0.15, -0.1) is 11.8 Å². The van der Waals surface area contributed by atoms with Crippen molar-refractivity contribution in [2.45, 2.75) is 21.3 Å². The van der Waals surface area contributed by atoms with Gasteiger partial charge in [-0.25, -0.2) is 0 Å². The van der Waals surface area contributed by atoms with Crippen molar-refractivity contribution in [3.63, 3.8) is 0 Å². The first-order valence-corrected chi connectivity index (χ1v) is 17.8. The summed E-state index contributed by atoms with van der Waals surface area (Å²) in [6.07, 6.45) is 3.68. The zero-order chi connectivity index (χ0) is 33.9. The Morgan fingerprint density at radius 3 is 0.900 bits per heavy atom. The van der Waals surface area contributed by atoms with Crippen LogP contribution in [-0.4, -0.2) is 23.4 Å². The molecule has 3 nitrogen and oxygen atoms in total. The molecule has 0 fully saturated rings. The smallest absolute Gasteiger partial charge is 0.143 e.